The zero-order chi connectivity index (χ0) is 12.4. The van der Waals surface area contributed by atoms with Gasteiger partial charge >= 0.3 is 0 Å². The van der Waals surface area contributed by atoms with E-state index < -0.39 is 6.04 Å². The van der Waals surface area contributed by atoms with E-state index in [1.54, 1.807) is 0 Å². The summed E-state index contributed by atoms with van der Waals surface area (Å²) in [7, 11) is 0. The molecule has 1 N–H and O–H groups in total. The second kappa shape index (κ2) is 4.37. The number of carbonyl (C=O) groups excluding carboxylic acids is 2. The number of carbonyl (C=O) groups is 2. The van der Waals surface area contributed by atoms with Crippen molar-refractivity contribution < 1.29 is 14.0 Å². The van der Waals surface area contributed by atoms with Crippen molar-refractivity contribution in [3.63, 3.8) is 0 Å². The van der Waals surface area contributed by atoms with E-state index in [1.807, 2.05) is 0 Å². The maximum absolute atomic E-state index is 12.7. The van der Waals surface area contributed by atoms with Crippen molar-refractivity contribution in [3.05, 3.63) is 42.7 Å². The highest BCUT2D eigenvalue weighted by molar-refractivity contribution is 6.06. The number of nitrogens with zero attached hydrogens (tertiary/aromatic N) is 1. The van der Waals surface area contributed by atoms with Gasteiger partial charge in [-0.25, -0.2) is 4.39 Å². The number of nitrogens with one attached hydrogen (secondary N) is 1. The van der Waals surface area contributed by atoms with Crippen molar-refractivity contribution in [2.45, 2.75) is 6.04 Å². The molecule has 2 rings (SSSR count). The topological polar surface area (TPSA) is 49.4 Å². The number of β-lactam (4-membered cyclic amide) rings is 1. The zero-order valence-electron chi connectivity index (χ0n) is 9.02. The van der Waals surface area contributed by atoms with Gasteiger partial charge in [-0.2, -0.15) is 0 Å². The third kappa shape index (κ3) is 2.18. The average Bonchev–Trinajstić information content (AvgIpc) is 2.34. The fourth-order valence-corrected chi connectivity index (χ4v) is 1.62. The second-order valence-corrected chi connectivity index (χ2v) is 3.69. The van der Waals surface area contributed by atoms with Crippen molar-refractivity contribution in [1.29, 1.82) is 0 Å². The molecule has 1 saturated heterocycles. The normalized spacial score (nSPS) is 18.5. The highest BCUT2D eigenvalue weighted by Crippen LogP contribution is 2.22. The number of anilines is 1. The fourth-order valence-electron chi connectivity index (χ4n) is 1.62. The van der Waals surface area contributed by atoms with Crippen LogP contribution < -0.4 is 10.2 Å². The molecule has 17 heavy (non-hydrogen) atoms. The van der Waals surface area contributed by atoms with Gasteiger partial charge in [0.25, 0.3) is 5.91 Å². The molecule has 0 saturated carbocycles. The Hall–Kier alpha value is -2.17. The number of hydrogen-bond donors (Lipinski definition) is 1. The van der Waals surface area contributed by atoms with Crippen LogP contribution in [-0.2, 0) is 9.59 Å². The van der Waals surface area contributed by atoms with E-state index in [4.69, 9.17) is 0 Å². The van der Waals surface area contributed by atoms with E-state index in [2.05, 4.69) is 11.9 Å². The zero-order valence-corrected chi connectivity index (χ0v) is 9.02. The van der Waals surface area contributed by atoms with Gasteiger partial charge in [0.1, 0.15) is 11.9 Å². The molecule has 4 nitrogen and oxygen atoms in total. The van der Waals surface area contributed by atoms with Crippen molar-refractivity contribution in [1.82, 2.24) is 5.32 Å². The van der Waals surface area contributed by atoms with Crippen LogP contribution >= 0.6 is 0 Å². The first-order valence-corrected chi connectivity index (χ1v) is 5.11. The lowest BCUT2D eigenvalue weighted by molar-refractivity contribution is -0.128. The molecule has 0 unspecified atom stereocenters. The number of amides is 2. The Bertz CT molecular complexity index is 470. The molecule has 1 aromatic carbocycles. The third-order valence-corrected chi connectivity index (χ3v) is 2.57. The molecule has 88 valence electrons. The first-order valence-electron chi connectivity index (χ1n) is 5.11. The second-order valence-electron chi connectivity index (χ2n) is 3.69. The Labute approximate surface area is 97.7 Å². The molecule has 1 atom stereocenters. The van der Waals surface area contributed by atoms with Crippen LogP contribution in [0.3, 0.4) is 0 Å². The molecule has 2 amide bonds. The summed E-state index contributed by atoms with van der Waals surface area (Å²) in [5, 5.41) is 2.50. The summed E-state index contributed by atoms with van der Waals surface area (Å²) < 4.78 is 12.7. The molecule has 1 fully saturated rings. The van der Waals surface area contributed by atoms with Gasteiger partial charge in [-0.3, -0.25) is 9.59 Å². The van der Waals surface area contributed by atoms with Gasteiger partial charge in [-0.05, 0) is 30.3 Å². The van der Waals surface area contributed by atoms with Crippen LogP contribution in [0.2, 0.25) is 0 Å². The summed E-state index contributed by atoms with van der Waals surface area (Å²) in [6.45, 7) is 3.70. The minimum atomic E-state index is -0.509. The Morgan fingerprint density at radius 2 is 2.12 bits per heavy atom. The summed E-state index contributed by atoms with van der Waals surface area (Å²) in [6, 6.07) is 5.12. The molecule has 0 aromatic heterocycles. The first kappa shape index (κ1) is 11.3. The van der Waals surface area contributed by atoms with Gasteiger partial charge in [0.15, 0.2) is 0 Å². The largest absolute Gasteiger partial charge is 0.339 e. The molecule has 1 heterocycles. The Kier molecular flexibility index (Phi) is 2.91. The van der Waals surface area contributed by atoms with Crippen LogP contribution in [0.15, 0.2) is 36.9 Å². The molecule has 0 aliphatic carbocycles. The highest BCUT2D eigenvalue weighted by Gasteiger charge is 2.38. The number of halogens is 1. The maximum atomic E-state index is 12.7. The molecule has 0 radical (unpaired) electrons. The third-order valence-electron chi connectivity index (χ3n) is 2.57. The van der Waals surface area contributed by atoms with Gasteiger partial charge in [-0.1, -0.05) is 6.58 Å². The lowest BCUT2D eigenvalue weighted by Gasteiger charge is -2.38. The smallest absolute Gasteiger partial charge is 0.251 e. The van der Waals surface area contributed by atoms with Gasteiger partial charge in [0.05, 0.1) is 6.54 Å². The minimum absolute atomic E-state index is 0.202. The summed E-state index contributed by atoms with van der Waals surface area (Å²) in [5.41, 5.74) is 0.625. The van der Waals surface area contributed by atoms with Crippen molar-refractivity contribution >= 4 is 17.5 Å². The van der Waals surface area contributed by atoms with Gasteiger partial charge in [-0.15, -0.1) is 0 Å². The molecule has 0 spiro atoms. The fraction of sp³-hybridized carbons (Fsp3) is 0.167. The van der Waals surface area contributed by atoms with E-state index in [9.17, 15) is 14.0 Å². The predicted octanol–water partition coefficient (Wildman–Crippen LogP) is 0.843. The standard InChI is InChI=1S/C12H11FN2O2/c1-2-11(16)14-10-7-15(12(10)17)9-5-3-8(13)4-6-9/h2-6,10H,1,7H2,(H,14,16)/t10-/m0/s1. The van der Waals surface area contributed by atoms with Crippen LogP contribution in [0.5, 0.6) is 0 Å². The number of rotatable bonds is 3. The molecule has 5 heteroatoms. The van der Waals surface area contributed by atoms with E-state index in [1.165, 1.54) is 29.2 Å². The number of hydrogen-bond acceptors (Lipinski definition) is 2. The number of benzene rings is 1. The van der Waals surface area contributed by atoms with E-state index in [-0.39, 0.29) is 17.6 Å². The summed E-state index contributed by atoms with van der Waals surface area (Å²) in [5.74, 6) is -0.924. The molecule has 1 aliphatic heterocycles. The summed E-state index contributed by atoms with van der Waals surface area (Å²) in [4.78, 5) is 24.2. The van der Waals surface area contributed by atoms with Crippen LogP contribution in [0.4, 0.5) is 10.1 Å². The molecular weight excluding hydrogens is 223 g/mol. The Balaban J connectivity index is 1.99. The molecule has 1 aromatic rings. The van der Waals surface area contributed by atoms with E-state index >= 15 is 0 Å². The Morgan fingerprint density at radius 1 is 1.47 bits per heavy atom. The van der Waals surface area contributed by atoms with Crippen LogP contribution in [0, 0.1) is 5.82 Å². The quantitative estimate of drug-likeness (QED) is 0.622. The average molecular weight is 234 g/mol. The van der Waals surface area contributed by atoms with Crippen molar-refractivity contribution in [3.8, 4) is 0 Å². The molecular formula is C12H11FN2O2. The van der Waals surface area contributed by atoms with Gasteiger partial charge in [0, 0.05) is 5.69 Å². The maximum Gasteiger partial charge on any atom is 0.251 e. The van der Waals surface area contributed by atoms with E-state index in [0.717, 1.165) is 6.08 Å². The first-order chi connectivity index (χ1) is 8.11. The molecule has 0 bridgehead atoms. The predicted molar refractivity (Wildman–Crippen MR) is 60.9 cm³/mol. The van der Waals surface area contributed by atoms with E-state index in [0.29, 0.717) is 12.2 Å². The summed E-state index contributed by atoms with van der Waals surface area (Å²) in [6.07, 6.45) is 1.12. The van der Waals surface area contributed by atoms with Crippen LogP contribution in [-0.4, -0.2) is 24.4 Å². The molecule has 1 aliphatic rings. The highest BCUT2D eigenvalue weighted by atomic mass is 19.1. The van der Waals surface area contributed by atoms with Crippen LogP contribution in [0.25, 0.3) is 0 Å². The van der Waals surface area contributed by atoms with Crippen LogP contribution in [0.1, 0.15) is 0 Å². The Morgan fingerprint density at radius 3 is 2.65 bits per heavy atom. The lowest BCUT2D eigenvalue weighted by atomic mass is 10.1. The van der Waals surface area contributed by atoms with Crippen molar-refractivity contribution in [2.24, 2.45) is 0 Å². The van der Waals surface area contributed by atoms with Gasteiger partial charge in [0.2, 0.25) is 5.91 Å². The summed E-state index contributed by atoms with van der Waals surface area (Å²) >= 11 is 0. The van der Waals surface area contributed by atoms with Gasteiger partial charge < -0.3 is 10.2 Å². The monoisotopic (exact) mass is 234 g/mol. The SMILES string of the molecule is C=CC(=O)N[C@H]1CN(c2ccc(F)cc2)C1=O. The minimum Gasteiger partial charge on any atom is -0.339 e. The van der Waals surface area contributed by atoms with Crippen molar-refractivity contribution in [2.75, 3.05) is 11.4 Å². The lowest BCUT2D eigenvalue weighted by Crippen LogP contribution is -2.64.